The van der Waals surface area contributed by atoms with Gasteiger partial charge in [0.2, 0.25) is 11.8 Å². The van der Waals surface area contributed by atoms with E-state index in [2.05, 4.69) is 9.97 Å². The van der Waals surface area contributed by atoms with E-state index in [9.17, 15) is 13.6 Å². The number of carbonyl (C=O) groups is 1. The van der Waals surface area contributed by atoms with Crippen LogP contribution >= 0.6 is 0 Å². The SMILES string of the molecule is COc1ncnc(OC)c1C(=O)N(C)C(CCc1ccccc1)C(F)F. The number of hydrogen-bond donors (Lipinski definition) is 0. The van der Waals surface area contributed by atoms with Crippen LogP contribution in [0.5, 0.6) is 11.8 Å². The van der Waals surface area contributed by atoms with Crippen LogP contribution in [-0.4, -0.2) is 54.5 Å². The van der Waals surface area contributed by atoms with Gasteiger partial charge in [-0.25, -0.2) is 18.7 Å². The van der Waals surface area contributed by atoms with Crippen LogP contribution in [-0.2, 0) is 6.42 Å². The lowest BCUT2D eigenvalue weighted by Gasteiger charge is -2.28. The van der Waals surface area contributed by atoms with E-state index in [0.29, 0.717) is 6.42 Å². The Labute approximate surface area is 150 Å². The minimum atomic E-state index is -2.70. The standard InChI is InChI=1S/C18H21F2N3O3/c1-23(13(15(19)20)10-9-12-7-5-4-6-8-12)18(24)14-16(25-2)21-11-22-17(14)26-3/h4-8,11,13,15H,9-10H2,1-3H3. The maximum atomic E-state index is 13.6. The molecule has 0 fully saturated rings. The van der Waals surface area contributed by atoms with Crippen molar-refractivity contribution in [3.8, 4) is 11.8 Å². The van der Waals surface area contributed by atoms with Crippen molar-refractivity contribution in [2.45, 2.75) is 25.3 Å². The van der Waals surface area contributed by atoms with Crippen LogP contribution in [0.2, 0.25) is 0 Å². The molecular weight excluding hydrogens is 344 g/mol. The Balaban J connectivity index is 2.23. The predicted octanol–water partition coefficient (Wildman–Crippen LogP) is 2.83. The number of aryl methyl sites for hydroxylation is 1. The van der Waals surface area contributed by atoms with Crippen molar-refractivity contribution in [2.75, 3.05) is 21.3 Å². The second-order valence-electron chi connectivity index (χ2n) is 5.61. The second kappa shape index (κ2) is 9.07. The summed E-state index contributed by atoms with van der Waals surface area (Å²) < 4.78 is 37.3. The molecule has 0 aliphatic carbocycles. The summed E-state index contributed by atoms with van der Waals surface area (Å²) in [6, 6.07) is 8.01. The van der Waals surface area contributed by atoms with Gasteiger partial charge < -0.3 is 14.4 Å². The van der Waals surface area contributed by atoms with E-state index in [1.54, 1.807) is 0 Å². The Kier molecular flexibility index (Phi) is 6.82. The summed E-state index contributed by atoms with van der Waals surface area (Å²) in [6.07, 6.45) is -0.988. The Morgan fingerprint density at radius 1 is 1.12 bits per heavy atom. The average molecular weight is 365 g/mol. The van der Waals surface area contributed by atoms with Gasteiger partial charge in [-0.1, -0.05) is 30.3 Å². The normalized spacial score (nSPS) is 11.9. The van der Waals surface area contributed by atoms with E-state index < -0.39 is 18.4 Å². The molecular formula is C18H21F2N3O3. The Hall–Kier alpha value is -2.77. The number of benzene rings is 1. The second-order valence-corrected chi connectivity index (χ2v) is 5.61. The molecule has 6 nitrogen and oxygen atoms in total. The van der Waals surface area contributed by atoms with E-state index in [-0.39, 0.29) is 23.7 Å². The van der Waals surface area contributed by atoms with Crippen molar-refractivity contribution < 1.29 is 23.0 Å². The third kappa shape index (κ3) is 4.44. The monoisotopic (exact) mass is 365 g/mol. The largest absolute Gasteiger partial charge is 0.480 e. The van der Waals surface area contributed by atoms with Gasteiger partial charge in [0.25, 0.3) is 12.3 Å². The Morgan fingerprint density at radius 3 is 2.19 bits per heavy atom. The zero-order chi connectivity index (χ0) is 19.1. The number of nitrogens with zero attached hydrogens (tertiary/aromatic N) is 3. The third-order valence-electron chi connectivity index (χ3n) is 4.06. The summed E-state index contributed by atoms with van der Waals surface area (Å²) >= 11 is 0. The Morgan fingerprint density at radius 2 is 1.69 bits per heavy atom. The highest BCUT2D eigenvalue weighted by Gasteiger charge is 2.32. The van der Waals surface area contributed by atoms with Crippen LogP contribution < -0.4 is 9.47 Å². The molecule has 1 aromatic carbocycles. The van der Waals surface area contributed by atoms with Gasteiger partial charge in [0.15, 0.2) is 5.56 Å². The van der Waals surface area contributed by atoms with Crippen molar-refractivity contribution in [3.63, 3.8) is 0 Å². The first-order chi connectivity index (χ1) is 12.5. The number of halogens is 2. The first-order valence-electron chi connectivity index (χ1n) is 8.01. The fraction of sp³-hybridized carbons (Fsp3) is 0.389. The highest BCUT2D eigenvalue weighted by molar-refractivity contribution is 5.98. The summed E-state index contributed by atoms with van der Waals surface area (Å²) in [6.45, 7) is 0. The maximum absolute atomic E-state index is 13.6. The van der Waals surface area contributed by atoms with Gasteiger partial charge in [0.1, 0.15) is 6.33 Å². The average Bonchev–Trinajstić information content (AvgIpc) is 2.67. The number of ether oxygens (including phenoxy) is 2. The maximum Gasteiger partial charge on any atom is 0.265 e. The first-order valence-corrected chi connectivity index (χ1v) is 8.01. The van der Waals surface area contributed by atoms with Crippen molar-refractivity contribution in [1.82, 2.24) is 14.9 Å². The molecule has 140 valence electrons. The molecule has 0 saturated heterocycles. The lowest BCUT2D eigenvalue weighted by Crippen LogP contribution is -2.42. The van der Waals surface area contributed by atoms with Crippen molar-refractivity contribution >= 4 is 5.91 Å². The molecule has 0 aliphatic heterocycles. The van der Waals surface area contributed by atoms with E-state index in [1.165, 1.54) is 27.6 Å². The third-order valence-corrected chi connectivity index (χ3v) is 4.06. The zero-order valence-corrected chi connectivity index (χ0v) is 14.9. The van der Waals surface area contributed by atoms with E-state index in [0.717, 1.165) is 10.5 Å². The van der Waals surface area contributed by atoms with Crippen LogP contribution in [0.1, 0.15) is 22.3 Å². The number of aromatic nitrogens is 2. The fourth-order valence-electron chi connectivity index (χ4n) is 2.62. The number of carbonyl (C=O) groups excluding carboxylic acids is 1. The number of hydrogen-bond acceptors (Lipinski definition) is 5. The smallest absolute Gasteiger partial charge is 0.265 e. The minimum Gasteiger partial charge on any atom is -0.480 e. The molecule has 0 saturated carbocycles. The molecule has 26 heavy (non-hydrogen) atoms. The number of amides is 1. The molecule has 2 aromatic rings. The molecule has 1 unspecified atom stereocenters. The van der Waals surface area contributed by atoms with Gasteiger partial charge >= 0.3 is 0 Å². The first kappa shape index (κ1) is 19.6. The lowest BCUT2D eigenvalue weighted by atomic mass is 10.0. The van der Waals surface area contributed by atoms with Crippen LogP contribution in [0.15, 0.2) is 36.7 Å². The van der Waals surface area contributed by atoms with E-state index in [4.69, 9.17) is 9.47 Å². The molecule has 0 N–H and O–H groups in total. The quantitative estimate of drug-likeness (QED) is 0.720. The molecule has 0 aliphatic rings. The fourth-order valence-corrected chi connectivity index (χ4v) is 2.62. The van der Waals surface area contributed by atoms with Gasteiger partial charge in [-0.3, -0.25) is 4.79 Å². The minimum absolute atomic E-state index is 0.0234. The van der Waals surface area contributed by atoms with Gasteiger partial charge in [0.05, 0.1) is 20.3 Å². The highest BCUT2D eigenvalue weighted by atomic mass is 19.3. The van der Waals surface area contributed by atoms with Crippen LogP contribution in [0.25, 0.3) is 0 Å². The summed E-state index contributed by atoms with van der Waals surface area (Å²) in [5.74, 6) is -0.729. The number of methoxy groups -OCH3 is 2. The predicted molar refractivity (Wildman–Crippen MR) is 91.8 cm³/mol. The van der Waals surface area contributed by atoms with Crippen LogP contribution in [0.4, 0.5) is 8.78 Å². The number of rotatable bonds is 8. The molecule has 1 aromatic heterocycles. The van der Waals surface area contributed by atoms with Gasteiger partial charge in [-0.2, -0.15) is 0 Å². The molecule has 1 heterocycles. The molecule has 2 rings (SSSR count). The van der Waals surface area contributed by atoms with Crippen molar-refractivity contribution in [3.05, 3.63) is 47.8 Å². The Bertz CT molecular complexity index is 707. The van der Waals surface area contributed by atoms with E-state index >= 15 is 0 Å². The molecule has 8 heteroatoms. The van der Waals surface area contributed by atoms with Gasteiger partial charge in [-0.15, -0.1) is 0 Å². The number of alkyl halides is 2. The zero-order valence-electron chi connectivity index (χ0n) is 14.9. The van der Waals surface area contributed by atoms with Crippen molar-refractivity contribution in [2.24, 2.45) is 0 Å². The molecule has 0 radical (unpaired) electrons. The lowest BCUT2D eigenvalue weighted by molar-refractivity contribution is 0.0268. The van der Waals surface area contributed by atoms with E-state index in [1.807, 2.05) is 30.3 Å². The van der Waals surface area contributed by atoms with Crippen LogP contribution in [0.3, 0.4) is 0 Å². The molecule has 0 spiro atoms. The highest BCUT2D eigenvalue weighted by Crippen LogP contribution is 2.27. The topological polar surface area (TPSA) is 64.6 Å². The van der Waals surface area contributed by atoms with Gasteiger partial charge in [0, 0.05) is 7.05 Å². The molecule has 1 amide bonds. The molecule has 1 atom stereocenters. The summed E-state index contributed by atoms with van der Waals surface area (Å²) in [7, 11) is 3.99. The summed E-state index contributed by atoms with van der Waals surface area (Å²) in [5, 5.41) is 0. The summed E-state index contributed by atoms with van der Waals surface area (Å²) in [5.41, 5.74) is 0.850. The molecule has 0 bridgehead atoms. The van der Waals surface area contributed by atoms with Crippen molar-refractivity contribution in [1.29, 1.82) is 0 Å². The van der Waals surface area contributed by atoms with Gasteiger partial charge in [-0.05, 0) is 18.4 Å². The van der Waals surface area contributed by atoms with Crippen LogP contribution in [0, 0.1) is 0 Å². The summed E-state index contributed by atoms with van der Waals surface area (Å²) in [4.78, 5) is 21.5.